The molecule has 0 amide bonds. The molecule has 25 heavy (non-hydrogen) atoms. The molecule has 0 unspecified atom stereocenters. The Bertz CT molecular complexity index is 857. The van der Waals surface area contributed by atoms with E-state index in [9.17, 15) is 0 Å². The highest BCUT2D eigenvalue weighted by molar-refractivity contribution is 5.58. The van der Waals surface area contributed by atoms with Crippen LogP contribution in [0.5, 0.6) is 0 Å². The zero-order chi connectivity index (χ0) is 17.2. The SMILES string of the molecule is Cc1ncc(-c2nccnc2[C@@H]2CCCN(c3ccccn3)C2)n1C. The molecule has 1 saturated heterocycles. The highest BCUT2D eigenvalue weighted by Gasteiger charge is 2.27. The largest absolute Gasteiger partial charge is 0.356 e. The number of rotatable bonds is 3. The number of imidazole rings is 1. The molecule has 1 aliphatic rings. The molecular formula is C19H22N6. The van der Waals surface area contributed by atoms with Crippen LogP contribution in [-0.4, -0.2) is 37.6 Å². The number of anilines is 1. The average molecular weight is 334 g/mol. The van der Waals surface area contributed by atoms with Crippen molar-refractivity contribution in [3.63, 3.8) is 0 Å². The maximum atomic E-state index is 4.71. The van der Waals surface area contributed by atoms with Gasteiger partial charge in [0.2, 0.25) is 0 Å². The fourth-order valence-corrected chi connectivity index (χ4v) is 3.52. The molecule has 3 aromatic rings. The van der Waals surface area contributed by atoms with Gasteiger partial charge in [-0.25, -0.2) is 9.97 Å². The van der Waals surface area contributed by atoms with E-state index < -0.39 is 0 Å². The molecule has 6 nitrogen and oxygen atoms in total. The Balaban J connectivity index is 1.67. The molecule has 0 spiro atoms. The summed E-state index contributed by atoms with van der Waals surface area (Å²) in [5.74, 6) is 2.36. The Kier molecular flexibility index (Phi) is 4.17. The highest BCUT2D eigenvalue weighted by Crippen LogP contribution is 2.33. The van der Waals surface area contributed by atoms with Gasteiger partial charge in [0.1, 0.15) is 17.3 Å². The molecule has 0 radical (unpaired) electrons. The van der Waals surface area contributed by atoms with Crippen molar-refractivity contribution in [3.8, 4) is 11.4 Å². The average Bonchev–Trinajstić information content (AvgIpc) is 3.01. The number of piperidine rings is 1. The lowest BCUT2D eigenvalue weighted by atomic mass is 9.92. The standard InChI is InChI=1S/C19H22N6/c1-14-23-12-16(24(14)2)19-18(21-9-10-22-19)15-6-5-11-25(13-15)17-7-3-4-8-20-17/h3-4,7-10,12,15H,5-6,11,13H2,1-2H3/t15-/m1/s1. The molecule has 1 aliphatic heterocycles. The molecule has 3 aromatic heterocycles. The third-order valence-corrected chi connectivity index (χ3v) is 4.97. The predicted molar refractivity (Wildman–Crippen MR) is 97.4 cm³/mol. The number of aryl methyl sites for hydroxylation is 1. The van der Waals surface area contributed by atoms with Crippen LogP contribution in [0.1, 0.15) is 30.3 Å². The summed E-state index contributed by atoms with van der Waals surface area (Å²) < 4.78 is 2.08. The van der Waals surface area contributed by atoms with Crippen LogP contribution in [0.3, 0.4) is 0 Å². The van der Waals surface area contributed by atoms with Crippen LogP contribution >= 0.6 is 0 Å². The van der Waals surface area contributed by atoms with E-state index in [4.69, 9.17) is 4.98 Å². The number of aromatic nitrogens is 5. The summed E-state index contributed by atoms with van der Waals surface area (Å²) in [4.78, 5) is 20.6. The second-order valence-electron chi connectivity index (χ2n) is 6.51. The van der Waals surface area contributed by atoms with Crippen molar-refractivity contribution in [2.24, 2.45) is 7.05 Å². The first-order chi connectivity index (χ1) is 12.2. The number of nitrogens with zero attached hydrogens (tertiary/aromatic N) is 6. The Morgan fingerprint density at radius 3 is 2.68 bits per heavy atom. The van der Waals surface area contributed by atoms with Crippen LogP contribution in [0.25, 0.3) is 11.4 Å². The Morgan fingerprint density at radius 1 is 1.04 bits per heavy atom. The summed E-state index contributed by atoms with van der Waals surface area (Å²) in [6.07, 6.45) is 9.54. The van der Waals surface area contributed by atoms with Crippen LogP contribution in [0.2, 0.25) is 0 Å². The van der Waals surface area contributed by atoms with E-state index in [1.54, 1.807) is 12.4 Å². The van der Waals surface area contributed by atoms with Gasteiger partial charge in [-0.1, -0.05) is 6.07 Å². The van der Waals surface area contributed by atoms with Gasteiger partial charge in [0.05, 0.1) is 17.6 Å². The highest BCUT2D eigenvalue weighted by atomic mass is 15.2. The Morgan fingerprint density at radius 2 is 1.92 bits per heavy atom. The van der Waals surface area contributed by atoms with Crippen molar-refractivity contribution in [3.05, 3.63) is 54.5 Å². The van der Waals surface area contributed by atoms with Crippen molar-refractivity contribution >= 4 is 5.82 Å². The maximum absolute atomic E-state index is 4.71. The lowest BCUT2D eigenvalue weighted by Crippen LogP contribution is -2.35. The first kappa shape index (κ1) is 15.7. The molecule has 0 aromatic carbocycles. The minimum atomic E-state index is 0.342. The van der Waals surface area contributed by atoms with Gasteiger partial charge < -0.3 is 9.47 Å². The van der Waals surface area contributed by atoms with Crippen molar-refractivity contribution < 1.29 is 0 Å². The van der Waals surface area contributed by atoms with E-state index in [0.717, 1.165) is 54.7 Å². The van der Waals surface area contributed by atoms with Crippen molar-refractivity contribution in [2.75, 3.05) is 18.0 Å². The van der Waals surface area contributed by atoms with Gasteiger partial charge in [-0.05, 0) is 31.9 Å². The summed E-state index contributed by atoms with van der Waals surface area (Å²) in [7, 11) is 2.02. The minimum Gasteiger partial charge on any atom is -0.356 e. The van der Waals surface area contributed by atoms with Gasteiger partial charge in [0, 0.05) is 44.6 Å². The second-order valence-corrected chi connectivity index (χ2v) is 6.51. The third-order valence-electron chi connectivity index (χ3n) is 4.97. The maximum Gasteiger partial charge on any atom is 0.128 e. The van der Waals surface area contributed by atoms with Crippen LogP contribution in [-0.2, 0) is 7.05 Å². The second kappa shape index (κ2) is 6.63. The normalized spacial score (nSPS) is 17.7. The van der Waals surface area contributed by atoms with Crippen LogP contribution < -0.4 is 4.90 Å². The lowest BCUT2D eigenvalue weighted by Gasteiger charge is -2.33. The third kappa shape index (κ3) is 2.99. The first-order valence-electron chi connectivity index (χ1n) is 8.69. The zero-order valence-electron chi connectivity index (χ0n) is 14.6. The monoisotopic (exact) mass is 334 g/mol. The molecule has 0 saturated carbocycles. The first-order valence-corrected chi connectivity index (χ1v) is 8.69. The smallest absolute Gasteiger partial charge is 0.128 e. The zero-order valence-corrected chi connectivity index (χ0v) is 14.6. The van der Waals surface area contributed by atoms with E-state index >= 15 is 0 Å². The van der Waals surface area contributed by atoms with Gasteiger partial charge in [0.15, 0.2) is 0 Å². The number of pyridine rings is 1. The van der Waals surface area contributed by atoms with Crippen molar-refractivity contribution in [1.82, 2.24) is 24.5 Å². The van der Waals surface area contributed by atoms with E-state index in [1.165, 1.54) is 0 Å². The summed E-state index contributed by atoms with van der Waals surface area (Å²) in [6, 6.07) is 6.07. The molecule has 4 heterocycles. The summed E-state index contributed by atoms with van der Waals surface area (Å²) in [5.41, 5.74) is 3.03. The quantitative estimate of drug-likeness (QED) is 0.737. The van der Waals surface area contributed by atoms with Gasteiger partial charge >= 0.3 is 0 Å². The fraction of sp³-hybridized carbons (Fsp3) is 0.368. The van der Waals surface area contributed by atoms with E-state index in [2.05, 4.69) is 30.5 Å². The summed E-state index contributed by atoms with van der Waals surface area (Å²) in [6.45, 7) is 3.95. The van der Waals surface area contributed by atoms with E-state index in [1.807, 2.05) is 38.5 Å². The summed E-state index contributed by atoms with van der Waals surface area (Å²) in [5, 5.41) is 0. The molecule has 0 aliphatic carbocycles. The molecule has 1 fully saturated rings. The minimum absolute atomic E-state index is 0.342. The topological polar surface area (TPSA) is 59.7 Å². The van der Waals surface area contributed by atoms with E-state index in [-0.39, 0.29) is 0 Å². The Labute approximate surface area is 147 Å². The number of hydrogen-bond acceptors (Lipinski definition) is 5. The van der Waals surface area contributed by atoms with E-state index in [0.29, 0.717) is 5.92 Å². The molecule has 1 atom stereocenters. The molecule has 0 bridgehead atoms. The Hall–Kier alpha value is -2.76. The van der Waals surface area contributed by atoms with Gasteiger partial charge in [-0.2, -0.15) is 0 Å². The molecule has 128 valence electrons. The molecule has 4 rings (SSSR count). The molecule has 6 heteroatoms. The predicted octanol–water partition coefficient (Wildman–Crippen LogP) is 2.96. The number of hydrogen-bond donors (Lipinski definition) is 0. The summed E-state index contributed by atoms with van der Waals surface area (Å²) >= 11 is 0. The van der Waals surface area contributed by atoms with Crippen LogP contribution in [0.15, 0.2) is 43.0 Å². The lowest BCUT2D eigenvalue weighted by molar-refractivity contribution is 0.498. The van der Waals surface area contributed by atoms with Crippen molar-refractivity contribution in [1.29, 1.82) is 0 Å². The van der Waals surface area contributed by atoms with Gasteiger partial charge in [-0.15, -0.1) is 0 Å². The molecular weight excluding hydrogens is 312 g/mol. The van der Waals surface area contributed by atoms with Crippen LogP contribution in [0, 0.1) is 6.92 Å². The fourth-order valence-electron chi connectivity index (χ4n) is 3.52. The van der Waals surface area contributed by atoms with Crippen molar-refractivity contribution in [2.45, 2.75) is 25.7 Å². The van der Waals surface area contributed by atoms with Gasteiger partial charge in [-0.3, -0.25) is 9.97 Å². The van der Waals surface area contributed by atoms with Crippen LogP contribution in [0.4, 0.5) is 5.82 Å². The van der Waals surface area contributed by atoms with Gasteiger partial charge in [0.25, 0.3) is 0 Å². The molecule has 0 N–H and O–H groups in total.